The Morgan fingerprint density at radius 1 is 1.25 bits per heavy atom. The molecule has 2 aromatic rings. The molecule has 1 N–H and O–H groups in total. The van der Waals surface area contributed by atoms with Crippen molar-refractivity contribution in [2.45, 2.75) is 26.8 Å². The second kappa shape index (κ2) is 4.35. The molecular weight excluding hydrogens is 202 g/mol. The van der Waals surface area contributed by atoms with E-state index in [4.69, 9.17) is 4.42 Å². The van der Waals surface area contributed by atoms with Crippen molar-refractivity contribution in [3.8, 4) is 11.5 Å². The third-order valence-electron chi connectivity index (χ3n) is 2.09. The highest BCUT2D eigenvalue weighted by Crippen LogP contribution is 2.21. The van der Waals surface area contributed by atoms with E-state index in [1.165, 1.54) is 0 Å². The summed E-state index contributed by atoms with van der Waals surface area (Å²) < 4.78 is 5.38. The van der Waals surface area contributed by atoms with Gasteiger partial charge >= 0.3 is 0 Å². The Labute approximate surface area is 94.7 Å². The van der Waals surface area contributed by atoms with E-state index >= 15 is 0 Å². The lowest BCUT2D eigenvalue weighted by molar-refractivity contribution is 0.533. The maximum absolute atomic E-state index is 5.38. The third-order valence-corrected chi connectivity index (χ3v) is 2.09. The van der Waals surface area contributed by atoms with Gasteiger partial charge in [-0.1, -0.05) is 6.07 Å². The van der Waals surface area contributed by atoms with Gasteiger partial charge in [0.2, 0.25) is 11.8 Å². The molecule has 0 atom stereocenters. The van der Waals surface area contributed by atoms with E-state index in [2.05, 4.69) is 29.4 Å². The average Bonchev–Trinajstić information content (AvgIpc) is 2.64. The van der Waals surface area contributed by atoms with Crippen molar-refractivity contribution >= 4 is 5.69 Å². The van der Waals surface area contributed by atoms with E-state index in [0.717, 1.165) is 11.3 Å². The zero-order valence-corrected chi connectivity index (χ0v) is 9.69. The average molecular weight is 217 g/mol. The predicted molar refractivity (Wildman–Crippen MR) is 63.2 cm³/mol. The number of aromatic nitrogens is 2. The quantitative estimate of drug-likeness (QED) is 0.858. The Morgan fingerprint density at radius 2 is 2.06 bits per heavy atom. The van der Waals surface area contributed by atoms with Crippen molar-refractivity contribution in [3.05, 3.63) is 30.2 Å². The smallest absolute Gasteiger partial charge is 0.247 e. The van der Waals surface area contributed by atoms with Crippen molar-refractivity contribution < 1.29 is 4.42 Å². The SMILES string of the molecule is Cc1nnc(-c2cccc(NC(C)C)c2)o1. The van der Waals surface area contributed by atoms with Gasteiger partial charge in [0.05, 0.1) is 0 Å². The van der Waals surface area contributed by atoms with Crippen LogP contribution in [0.5, 0.6) is 0 Å². The maximum atomic E-state index is 5.38. The van der Waals surface area contributed by atoms with Gasteiger partial charge in [0.15, 0.2) is 0 Å². The number of anilines is 1. The molecule has 0 amide bonds. The van der Waals surface area contributed by atoms with E-state index in [0.29, 0.717) is 17.8 Å². The zero-order valence-electron chi connectivity index (χ0n) is 9.69. The second-order valence-corrected chi connectivity index (χ2v) is 4.01. The Bertz CT molecular complexity index is 477. The number of hydrogen-bond donors (Lipinski definition) is 1. The summed E-state index contributed by atoms with van der Waals surface area (Å²) in [4.78, 5) is 0. The third kappa shape index (κ3) is 2.39. The molecule has 2 rings (SSSR count). The van der Waals surface area contributed by atoms with Crippen molar-refractivity contribution in [3.63, 3.8) is 0 Å². The monoisotopic (exact) mass is 217 g/mol. The Balaban J connectivity index is 2.28. The van der Waals surface area contributed by atoms with Crippen LogP contribution in [-0.4, -0.2) is 16.2 Å². The van der Waals surface area contributed by atoms with Crippen LogP contribution in [0.2, 0.25) is 0 Å². The van der Waals surface area contributed by atoms with Crippen LogP contribution in [0.3, 0.4) is 0 Å². The summed E-state index contributed by atoms with van der Waals surface area (Å²) in [5.74, 6) is 1.14. The fourth-order valence-corrected chi connectivity index (χ4v) is 1.49. The number of nitrogens with one attached hydrogen (secondary N) is 1. The zero-order chi connectivity index (χ0) is 11.5. The van der Waals surface area contributed by atoms with Gasteiger partial charge in [0.25, 0.3) is 0 Å². The van der Waals surface area contributed by atoms with Crippen molar-refractivity contribution in [2.75, 3.05) is 5.32 Å². The second-order valence-electron chi connectivity index (χ2n) is 4.01. The summed E-state index contributed by atoms with van der Waals surface area (Å²) >= 11 is 0. The van der Waals surface area contributed by atoms with Gasteiger partial charge in [-0.25, -0.2) is 0 Å². The van der Waals surface area contributed by atoms with E-state index in [1.807, 2.05) is 24.3 Å². The molecule has 0 aliphatic rings. The molecule has 1 aromatic carbocycles. The molecule has 4 nitrogen and oxygen atoms in total. The lowest BCUT2D eigenvalue weighted by Crippen LogP contribution is -2.09. The largest absolute Gasteiger partial charge is 0.421 e. The lowest BCUT2D eigenvalue weighted by Gasteiger charge is -2.09. The van der Waals surface area contributed by atoms with Gasteiger partial charge in [-0.3, -0.25) is 0 Å². The summed E-state index contributed by atoms with van der Waals surface area (Å²) in [7, 11) is 0. The first-order valence-corrected chi connectivity index (χ1v) is 5.32. The molecule has 1 heterocycles. The summed E-state index contributed by atoms with van der Waals surface area (Å²) in [6.45, 7) is 5.99. The van der Waals surface area contributed by atoms with Gasteiger partial charge in [0.1, 0.15) is 0 Å². The first kappa shape index (κ1) is 10.7. The molecule has 4 heteroatoms. The van der Waals surface area contributed by atoms with Crippen LogP contribution >= 0.6 is 0 Å². The Hall–Kier alpha value is -1.84. The molecule has 0 saturated carbocycles. The van der Waals surface area contributed by atoms with Crippen LogP contribution in [0.25, 0.3) is 11.5 Å². The molecule has 0 unspecified atom stereocenters. The molecule has 16 heavy (non-hydrogen) atoms. The standard InChI is InChI=1S/C12H15N3O/c1-8(2)13-11-6-4-5-10(7-11)12-15-14-9(3)16-12/h4-8,13H,1-3H3. The number of nitrogens with zero attached hydrogens (tertiary/aromatic N) is 2. The summed E-state index contributed by atoms with van der Waals surface area (Å²) in [5.41, 5.74) is 2.00. The van der Waals surface area contributed by atoms with Gasteiger partial charge < -0.3 is 9.73 Å². The molecule has 0 aliphatic heterocycles. The van der Waals surface area contributed by atoms with Crippen LogP contribution in [0.1, 0.15) is 19.7 Å². The highest BCUT2D eigenvalue weighted by Gasteiger charge is 2.06. The minimum Gasteiger partial charge on any atom is -0.421 e. The van der Waals surface area contributed by atoms with Gasteiger partial charge in [0, 0.05) is 24.2 Å². The van der Waals surface area contributed by atoms with E-state index < -0.39 is 0 Å². The van der Waals surface area contributed by atoms with Gasteiger partial charge in [-0.05, 0) is 32.0 Å². The van der Waals surface area contributed by atoms with Gasteiger partial charge in [-0.15, -0.1) is 10.2 Å². The Kier molecular flexibility index (Phi) is 2.90. The normalized spacial score (nSPS) is 10.8. The maximum Gasteiger partial charge on any atom is 0.247 e. The predicted octanol–water partition coefficient (Wildman–Crippen LogP) is 2.87. The van der Waals surface area contributed by atoms with Crippen LogP contribution in [-0.2, 0) is 0 Å². The number of aryl methyl sites for hydroxylation is 1. The van der Waals surface area contributed by atoms with Crippen LogP contribution in [0.4, 0.5) is 5.69 Å². The fourth-order valence-electron chi connectivity index (χ4n) is 1.49. The number of benzene rings is 1. The van der Waals surface area contributed by atoms with Crippen LogP contribution in [0.15, 0.2) is 28.7 Å². The molecule has 1 aromatic heterocycles. The molecule has 0 spiro atoms. The van der Waals surface area contributed by atoms with Crippen molar-refractivity contribution in [2.24, 2.45) is 0 Å². The summed E-state index contributed by atoms with van der Waals surface area (Å²) in [6, 6.07) is 8.36. The van der Waals surface area contributed by atoms with Gasteiger partial charge in [-0.2, -0.15) is 0 Å². The molecule has 0 fully saturated rings. The molecule has 0 aliphatic carbocycles. The highest BCUT2D eigenvalue weighted by molar-refractivity contribution is 5.61. The molecule has 0 radical (unpaired) electrons. The summed E-state index contributed by atoms with van der Waals surface area (Å²) in [6.07, 6.45) is 0. The topological polar surface area (TPSA) is 51.0 Å². The van der Waals surface area contributed by atoms with Crippen molar-refractivity contribution in [1.29, 1.82) is 0 Å². The minimum atomic E-state index is 0.402. The highest BCUT2D eigenvalue weighted by atomic mass is 16.4. The molecular formula is C12H15N3O. The van der Waals surface area contributed by atoms with Crippen LogP contribution in [0, 0.1) is 6.92 Å². The first-order chi connectivity index (χ1) is 7.65. The van der Waals surface area contributed by atoms with E-state index in [1.54, 1.807) is 6.92 Å². The number of hydrogen-bond acceptors (Lipinski definition) is 4. The number of rotatable bonds is 3. The minimum absolute atomic E-state index is 0.402. The lowest BCUT2D eigenvalue weighted by atomic mass is 10.2. The fraction of sp³-hybridized carbons (Fsp3) is 0.333. The molecule has 84 valence electrons. The Morgan fingerprint density at radius 3 is 2.69 bits per heavy atom. The van der Waals surface area contributed by atoms with Crippen LogP contribution < -0.4 is 5.32 Å². The van der Waals surface area contributed by atoms with E-state index in [9.17, 15) is 0 Å². The first-order valence-electron chi connectivity index (χ1n) is 5.32. The summed E-state index contributed by atoms with van der Waals surface area (Å²) in [5, 5.41) is 11.1. The molecule has 0 saturated heterocycles. The molecule has 0 bridgehead atoms. The van der Waals surface area contributed by atoms with Crippen molar-refractivity contribution in [1.82, 2.24) is 10.2 Å². The van der Waals surface area contributed by atoms with E-state index in [-0.39, 0.29) is 0 Å².